The van der Waals surface area contributed by atoms with Gasteiger partial charge in [-0.25, -0.2) is 4.39 Å². The van der Waals surface area contributed by atoms with Gasteiger partial charge in [-0.1, -0.05) is 13.8 Å². The van der Waals surface area contributed by atoms with Crippen molar-refractivity contribution in [2.45, 2.75) is 25.7 Å². The smallest absolute Gasteiger partial charge is 0.165 e. The van der Waals surface area contributed by atoms with Crippen LogP contribution in [0.25, 0.3) is 0 Å². The number of nitrogens with two attached hydrogens (primary N) is 1. The van der Waals surface area contributed by atoms with Crippen molar-refractivity contribution in [3.63, 3.8) is 0 Å². The van der Waals surface area contributed by atoms with Crippen molar-refractivity contribution in [3.05, 3.63) is 23.5 Å². The second-order valence-electron chi connectivity index (χ2n) is 4.58. The van der Waals surface area contributed by atoms with Crippen LogP contribution in [-0.2, 0) is 5.41 Å². The quantitative estimate of drug-likeness (QED) is 0.861. The Morgan fingerprint density at radius 1 is 1.24 bits per heavy atom. The van der Waals surface area contributed by atoms with Gasteiger partial charge in [0.25, 0.3) is 0 Å². The van der Waals surface area contributed by atoms with Crippen LogP contribution in [0.2, 0.25) is 0 Å². The van der Waals surface area contributed by atoms with Crippen molar-refractivity contribution in [1.82, 2.24) is 0 Å². The molecule has 0 aliphatic carbocycles. The zero-order chi connectivity index (χ0) is 13.1. The van der Waals surface area contributed by atoms with Gasteiger partial charge in [-0.2, -0.15) is 0 Å². The minimum atomic E-state index is -0.381. The molecule has 4 heteroatoms. The van der Waals surface area contributed by atoms with E-state index in [-0.39, 0.29) is 17.0 Å². The normalized spacial score (nSPS) is 11.4. The average molecular weight is 241 g/mol. The fourth-order valence-corrected chi connectivity index (χ4v) is 2.04. The summed E-state index contributed by atoms with van der Waals surface area (Å²) in [6.45, 7) is 4.52. The summed E-state index contributed by atoms with van der Waals surface area (Å²) in [6.07, 6.45) is 0.725. The minimum Gasteiger partial charge on any atom is -0.496 e. The van der Waals surface area contributed by atoms with Crippen LogP contribution in [0.4, 0.5) is 4.39 Å². The maximum absolute atomic E-state index is 13.7. The Hall–Kier alpha value is -1.29. The highest BCUT2D eigenvalue weighted by Gasteiger charge is 2.29. The SMILES string of the molecule is COc1ccc(F)c(OC)c1C(C)(C)CCN. The van der Waals surface area contributed by atoms with Crippen LogP contribution in [0, 0.1) is 5.82 Å². The third-order valence-corrected chi connectivity index (χ3v) is 2.94. The van der Waals surface area contributed by atoms with Crippen LogP contribution >= 0.6 is 0 Å². The van der Waals surface area contributed by atoms with Gasteiger partial charge in [-0.05, 0) is 30.5 Å². The van der Waals surface area contributed by atoms with Gasteiger partial charge in [0.2, 0.25) is 0 Å². The van der Waals surface area contributed by atoms with E-state index in [4.69, 9.17) is 15.2 Å². The highest BCUT2D eigenvalue weighted by molar-refractivity contribution is 5.50. The molecule has 1 aromatic rings. The van der Waals surface area contributed by atoms with Gasteiger partial charge in [-0.3, -0.25) is 0 Å². The van der Waals surface area contributed by atoms with Gasteiger partial charge in [0.15, 0.2) is 11.6 Å². The molecule has 17 heavy (non-hydrogen) atoms. The lowest BCUT2D eigenvalue weighted by atomic mass is 9.80. The van der Waals surface area contributed by atoms with Crippen LogP contribution in [0.5, 0.6) is 11.5 Å². The fraction of sp³-hybridized carbons (Fsp3) is 0.538. The molecule has 0 unspecified atom stereocenters. The first kappa shape index (κ1) is 13.8. The highest BCUT2D eigenvalue weighted by Crippen LogP contribution is 2.41. The molecular formula is C13H20FNO2. The summed E-state index contributed by atoms with van der Waals surface area (Å²) < 4.78 is 24.2. The number of halogens is 1. The van der Waals surface area contributed by atoms with Crippen molar-refractivity contribution in [1.29, 1.82) is 0 Å². The van der Waals surface area contributed by atoms with Gasteiger partial charge in [-0.15, -0.1) is 0 Å². The molecule has 0 bridgehead atoms. The third-order valence-electron chi connectivity index (χ3n) is 2.94. The highest BCUT2D eigenvalue weighted by atomic mass is 19.1. The average Bonchev–Trinajstić information content (AvgIpc) is 2.28. The van der Waals surface area contributed by atoms with Gasteiger partial charge in [0.05, 0.1) is 14.2 Å². The Kier molecular flexibility index (Phi) is 4.34. The first-order valence-electron chi connectivity index (χ1n) is 5.59. The summed E-state index contributed by atoms with van der Waals surface area (Å²) in [6, 6.07) is 2.96. The Morgan fingerprint density at radius 2 is 1.88 bits per heavy atom. The Morgan fingerprint density at radius 3 is 2.35 bits per heavy atom. The van der Waals surface area contributed by atoms with E-state index in [0.29, 0.717) is 12.3 Å². The molecule has 0 amide bonds. The standard InChI is InChI=1S/C13H20FNO2/c1-13(2,7-8-15)11-10(16-3)6-5-9(14)12(11)17-4/h5-6H,7-8,15H2,1-4H3. The first-order valence-corrected chi connectivity index (χ1v) is 5.59. The summed E-state index contributed by atoms with van der Waals surface area (Å²) in [7, 11) is 3.02. The van der Waals surface area contributed by atoms with E-state index >= 15 is 0 Å². The number of ether oxygens (including phenoxy) is 2. The molecule has 0 saturated carbocycles. The predicted octanol–water partition coefficient (Wildman–Crippen LogP) is 2.47. The molecule has 3 nitrogen and oxygen atoms in total. The first-order chi connectivity index (χ1) is 7.97. The lowest BCUT2D eigenvalue weighted by Crippen LogP contribution is -2.23. The van der Waals surface area contributed by atoms with E-state index in [9.17, 15) is 4.39 Å². The van der Waals surface area contributed by atoms with Crippen molar-refractivity contribution < 1.29 is 13.9 Å². The molecule has 0 aliphatic heterocycles. The molecule has 0 heterocycles. The molecule has 1 rings (SSSR count). The summed E-state index contributed by atoms with van der Waals surface area (Å²) in [5.41, 5.74) is 6.03. The summed E-state index contributed by atoms with van der Waals surface area (Å²) in [4.78, 5) is 0. The maximum Gasteiger partial charge on any atom is 0.165 e. The van der Waals surface area contributed by atoms with E-state index in [2.05, 4.69) is 0 Å². The zero-order valence-electron chi connectivity index (χ0n) is 10.8. The van der Waals surface area contributed by atoms with Crippen LogP contribution < -0.4 is 15.2 Å². The Labute approximate surface area is 102 Å². The van der Waals surface area contributed by atoms with Crippen LogP contribution in [0.15, 0.2) is 12.1 Å². The summed E-state index contributed by atoms with van der Waals surface area (Å²) in [5.74, 6) is 0.484. The van der Waals surface area contributed by atoms with Gasteiger partial charge < -0.3 is 15.2 Å². The molecule has 1 aromatic carbocycles. The van der Waals surface area contributed by atoms with Crippen molar-refractivity contribution in [2.24, 2.45) is 5.73 Å². The van der Waals surface area contributed by atoms with Crippen LogP contribution in [0.3, 0.4) is 0 Å². The molecule has 2 N–H and O–H groups in total. The van der Waals surface area contributed by atoms with Gasteiger partial charge in [0.1, 0.15) is 5.75 Å². The molecule has 0 aromatic heterocycles. The lowest BCUT2D eigenvalue weighted by molar-refractivity contribution is 0.340. The summed E-state index contributed by atoms with van der Waals surface area (Å²) in [5, 5.41) is 0. The van der Waals surface area contributed by atoms with E-state index < -0.39 is 0 Å². The largest absolute Gasteiger partial charge is 0.496 e. The maximum atomic E-state index is 13.7. The number of rotatable bonds is 5. The molecule has 96 valence electrons. The van der Waals surface area contributed by atoms with Crippen molar-refractivity contribution in [3.8, 4) is 11.5 Å². The third kappa shape index (κ3) is 2.69. The molecule has 0 spiro atoms. The second kappa shape index (κ2) is 5.36. The van der Waals surface area contributed by atoms with E-state index in [1.54, 1.807) is 13.2 Å². The van der Waals surface area contributed by atoms with Crippen LogP contribution in [-0.4, -0.2) is 20.8 Å². The van der Waals surface area contributed by atoms with Crippen molar-refractivity contribution >= 4 is 0 Å². The van der Waals surface area contributed by atoms with E-state index in [1.165, 1.54) is 13.2 Å². The number of hydrogen-bond donors (Lipinski definition) is 1. The predicted molar refractivity (Wildman–Crippen MR) is 66.2 cm³/mol. The van der Waals surface area contributed by atoms with E-state index in [1.807, 2.05) is 13.8 Å². The number of methoxy groups -OCH3 is 2. The van der Waals surface area contributed by atoms with Crippen LogP contribution in [0.1, 0.15) is 25.8 Å². The minimum absolute atomic E-state index is 0.239. The molecule has 0 aliphatic rings. The Bertz CT molecular complexity index is 391. The molecular weight excluding hydrogens is 221 g/mol. The molecule has 0 atom stereocenters. The van der Waals surface area contributed by atoms with Gasteiger partial charge in [0, 0.05) is 5.56 Å². The zero-order valence-corrected chi connectivity index (χ0v) is 10.8. The Balaban J connectivity index is 3.41. The topological polar surface area (TPSA) is 44.5 Å². The number of hydrogen-bond acceptors (Lipinski definition) is 3. The second-order valence-corrected chi connectivity index (χ2v) is 4.58. The molecule has 0 saturated heterocycles. The lowest BCUT2D eigenvalue weighted by Gasteiger charge is -2.28. The van der Waals surface area contributed by atoms with Gasteiger partial charge >= 0.3 is 0 Å². The fourth-order valence-electron chi connectivity index (χ4n) is 2.04. The monoisotopic (exact) mass is 241 g/mol. The molecule has 0 radical (unpaired) electrons. The van der Waals surface area contributed by atoms with Crippen molar-refractivity contribution in [2.75, 3.05) is 20.8 Å². The molecule has 0 fully saturated rings. The summed E-state index contributed by atoms with van der Waals surface area (Å²) >= 11 is 0. The van der Waals surface area contributed by atoms with E-state index in [0.717, 1.165) is 12.0 Å². The number of benzene rings is 1.